The van der Waals surface area contributed by atoms with E-state index in [0.717, 1.165) is 10.4 Å². The van der Waals surface area contributed by atoms with Crippen molar-refractivity contribution in [1.29, 1.82) is 0 Å². The Morgan fingerprint density at radius 1 is 1.38 bits per heavy atom. The summed E-state index contributed by atoms with van der Waals surface area (Å²) in [5, 5.41) is 5.65. The van der Waals surface area contributed by atoms with Gasteiger partial charge >= 0.3 is 0 Å². The largest absolute Gasteiger partial charge is 0.309 e. The maximum absolute atomic E-state index is 13.0. The van der Waals surface area contributed by atoms with Gasteiger partial charge in [-0.05, 0) is 36.2 Å². The van der Waals surface area contributed by atoms with Crippen molar-refractivity contribution in [3.63, 3.8) is 0 Å². The van der Waals surface area contributed by atoms with Crippen LogP contribution >= 0.6 is 22.9 Å². The van der Waals surface area contributed by atoms with Crippen LogP contribution in [-0.4, -0.2) is 7.05 Å². The molecule has 0 radical (unpaired) electrons. The van der Waals surface area contributed by atoms with Gasteiger partial charge < -0.3 is 5.32 Å². The summed E-state index contributed by atoms with van der Waals surface area (Å²) in [6.45, 7) is 0. The van der Waals surface area contributed by atoms with Gasteiger partial charge in [-0.3, -0.25) is 0 Å². The molecule has 0 aliphatic carbocycles. The molecule has 0 aliphatic heterocycles. The van der Waals surface area contributed by atoms with Gasteiger partial charge in [0.2, 0.25) is 0 Å². The number of nitrogens with one attached hydrogen (secondary N) is 1. The normalized spacial score (nSPS) is 12.7. The molecule has 16 heavy (non-hydrogen) atoms. The van der Waals surface area contributed by atoms with Crippen LogP contribution in [0.2, 0.25) is 5.02 Å². The summed E-state index contributed by atoms with van der Waals surface area (Å²) in [6, 6.07) is 8.54. The van der Waals surface area contributed by atoms with Gasteiger partial charge in [0.15, 0.2) is 0 Å². The molecule has 0 spiro atoms. The lowest BCUT2D eigenvalue weighted by Crippen LogP contribution is -2.16. The first-order chi connectivity index (χ1) is 7.72. The Morgan fingerprint density at radius 2 is 2.19 bits per heavy atom. The van der Waals surface area contributed by atoms with Crippen molar-refractivity contribution in [2.45, 2.75) is 6.04 Å². The number of thiophene rings is 1. The topological polar surface area (TPSA) is 12.0 Å². The Morgan fingerprint density at radius 3 is 2.75 bits per heavy atom. The standard InChI is InChI=1S/C12H11ClFNS/c1-15-12(11-3-2-6-16-11)9-5-4-8(14)7-10(9)13/h2-7,12,15H,1H3. The molecule has 0 saturated heterocycles. The van der Waals surface area contributed by atoms with Crippen LogP contribution in [0.1, 0.15) is 16.5 Å². The fraction of sp³-hybridized carbons (Fsp3) is 0.167. The number of hydrogen-bond donors (Lipinski definition) is 1. The van der Waals surface area contributed by atoms with E-state index >= 15 is 0 Å². The van der Waals surface area contributed by atoms with Crippen LogP contribution < -0.4 is 5.32 Å². The summed E-state index contributed by atoms with van der Waals surface area (Å²) in [5.74, 6) is -0.310. The highest BCUT2D eigenvalue weighted by atomic mass is 35.5. The third-order valence-corrected chi connectivity index (χ3v) is 3.65. The fourth-order valence-electron chi connectivity index (χ4n) is 1.64. The van der Waals surface area contributed by atoms with Gasteiger partial charge in [-0.15, -0.1) is 11.3 Å². The van der Waals surface area contributed by atoms with Gasteiger partial charge in [-0.2, -0.15) is 0 Å². The van der Waals surface area contributed by atoms with Crippen molar-refractivity contribution in [1.82, 2.24) is 5.32 Å². The molecule has 4 heteroatoms. The lowest BCUT2D eigenvalue weighted by atomic mass is 10.1. The third kappa shape index (κ3) is 2.26. The van der Waals surface area contributed by atoms with Crippen molar-refractivity contribution in [2.75, 3.05) is 7.05 Å². The summed E-state index contributed by atoms with van der Waals surface area (Å²) in [7, 11) is 1.87. The minimum Gasteiger partial charge on any atom is -0.309 e. The number of benzene rings is 1. The molecule has 0 fully saturated rings. The Bertz CT molecular complexity index is 470. The molecule has 0 aliphatic rings. The van der Waals surface area contributed by atoms with E-state index in [1.54, 1.807) is 17.4 Å². The molecule has 2 rings (SSSR count). The monoisotopic (exact) mass is 255 g/mol. The van der Waals surface area contributed by atoms with Crippen molar-refractivity contribution < 1.29 is 4.39 Å². The predicted molar refractivity (Wildman–Crippen MR) is 66.6 cm³/mol. The van der Waals surface area contributed by atoms with E-state index in [1.807, 2.05) is 24.6 Å². The zero-order valence-electron chi connectivity index (χ0n) is 8.71. The van der Waals surface area contributed by atoms with Gasteiger partial charge in [0.05, 0.1) is 6.04 Å². The first-order valence-corrected chi connectivity index (χ1v) is 6.13. The molecule has 0 bridgehead atoms. The number of rotatable bonds is 3. The molecule has 1 aromatic heterocycles. The highest BCUT2D eigenvalue weighted by molar-refractivity contribution is 7.10. The minimum atomic E-state index is -0.310. The van der Waals surface area contributed by atoms with E-state index in [4.69, 9.17) is 11.6 Å². The molecule has 84 valence electrons. The van der Waals surface area contributed by atoms with Crippen LogP contribution in [-0.2, 0) is 0 Å². The van der Waals surface area contributed by atoms with Crippen molar-refractivity contribution in [3.8, 4) is 0 Å². The van der Waals surface area contributed by atoms with Gasteiger partial charge in [-0.1, -0.05) is 23.7 Å². The molecular weight excluding hydrogens is 245 g/mol. The van der Waals surface area contributed by atoms with Crippen LogP contribution in [0.4, 0.5) is 4.39 Å². The molecule has 1 unspecified atom stereocenters. The summed E-state index contributed by atoms with van der Waals surface area (Å²) in [5.41, 5.74) is 0.896. The van der Waals surface area contributed by atoms with Gasteiger partial charge in [0.25, 0.3) is 0 Å². The van der Waals surface area contributed by atoms with E-state index in [0.29, 0.717) is 5.02 Å². The Hall–Kier alpha value is -0.900. The quantitative estimate of drug-likeness (QED) is 0.879. The zero-order valence-corrected chi connectivity index (χ0v) is 10.3. The number of halogens is 2. The summed E-state index contributed by atoms with van der Waals surface area (Å²) >= 11 is 7.69. The maximum atomic E-state index is 13.0. The maximum Gasteiger partial charge on any atom is 0.124 e. The van der Waals surface area contributed by atoms with E-state index in [2.05, 4.69) is 5.32 Å². The summed E-state index contributed by atoms with van der Waals surface area (Å²) < 4.78 is 13.0. The van der Waals surface area contributed by atoms with E-state index in [9.17, 15) is 4.39 Å². The summed E-state index contributed by atoms with van der Waals surface area (Å²) in [6.07, 6.45) is 0. The molecule has 0 saturated carbocycles. The third-order valence-electron chi connectivity index (χ3n) is 2.39. The molecular formula is C12H11ClFNS. The van der Waals surface area contributed by atoms with Crippen molar-refractivity contribution in [2.24, 2.45) is 0 Å². The zero-order chi connectivity index (χ0) is 11.5. The molecule has 1 nitrogen and oxygen atoms in total. The molecule has 2 aromatic rings. The minimum absolute atomic E-state index is 0.0214. The lowest BCUT2D eigenvalue weighted by Gasteiger charge is -2.16. The average Bonchev–Trinajstić information content (AvgIpc) is 2.75. The second-order valence-electron chi connectivity index (χ2n) is 3.40. The van der Waals surface area contributed by atoms with Gasteiger partial charge in [0, 0.05) is 9.90 Å². The molecule has 1 N–H and O–H groups in total. The fourth-order valence-corrected chi connectivity index (χ4v) is 2.77. The van der Waals surface area contributed by atoms with Crippen LogP contribution in [0, 0.1) is 5.82 Å². The van der Waals surface area contributed by atoms with Gasteiger partial charge in [0.1, 0.15) is 5.82 Å². The molecule has 0 amide bonds. The van der Waals surface area contributed by atoms with Crippen LogP contribution in [0.5, 0.6) is 0 Å². The van der Waals surface area contributed by atoms with E-state index in [-0.39, 0.29) is 11.9 Å². The predicted octanol–water partition coefficient (Wildman–Crippen LogP) is 3.85. The first kappa shape index (κ1) is 11.6. The van der Waals surface area contributed by atoms with Crippen LogP contribution in [0.3, 0.4) is 0 Å². The Labute approximate surface area is 103 Å². The first-order valence-electron chi connectivity index (χ1n) is 4.88. The molecule has 1 aromatic carbocycles. The summed E-state index contributed by atoms with van der Waals surface area (Å²) in [4.78, 5) is 1.16. The van der Waals surface area contributed by atoms with E-state index < -0.39 is 0 Å². The highest BCUT2D eigenvalue weighted by Crippen LogP contribution is 2.30. The van der Waals surface area contributed by atoms with E-state index in [1.165, 1.54) is 12.1 Å². The Balaban J connectivity index is 2.41. The van der Waals surface area contributed by atoms with Crippen molar-refractivity contribution in [3.05, 3.63) is 57.0 Å². The molecule has 1 atom stereocenters. The second-order valence-corrected chi connectivity index (χ2v) is 4.79. The average molecular weight is 256 g/mol. The highest BCUT2D eigenvalue weighted by Gasteiger charge is 2.16. The van der Waals surface area contributed by atoms with Crippen LogP contribution in [0.25, 0.3) is 0 Å². The Kier molecular flexibility index (Phi) is 3.59. The smallest absolute Gasteiger partial charge is 0.124 e. The van der Waals surface area contributed by atoms with Crippen LogP contribution in [0.15, 0.2) is 35.7 Å². The van der Waals surface area contributed by atoms with Gasteiger partial charge in [-0.25, -0.2) is 4.39 Å². The SMILES string of the molecule is CNC(c1cccs1)c1ccc(F)cc1Cl. The van der Waals surface area contributed by atoms with Crippen molar-refractivity contribution >= 4 is 22.9 Å². The number of hydrogen-bond acceptors (Lipinski definition) is 2. The lowest BCUT2D eigenvalue weighted by molar-refractivity contribution is 0.624. The second kappa shape index (κ2) is 4.95. The molecule has 1 heterocycles.